The van der Waals surface area contributed by atoms with E-state index in [0.29, 0.717) is 28.5 Å². The molecule has 2 fully saturated rings. The van der Waals surface area contributed by atoms with E-state index in [1.54, 1.807) is 6.07 Å². The number of rotatable bonds is 7. The molecule has 2 unspecified atom stereocenters. The summed E-state index contributed by atoms with van der Waals surface area (Å²) in [6.07, 6.45) is 12.8. The first-order valence-electron chi connectivity index (χ1n) is 14.9. The Kier molecular flexibility index (Phi) is 7.49. The Labute approximate surface area is 236 Å². The zero-order valence-corrected chi connectivity index (χ0v) is 23.4. The Morgan fingerprint density at radius 1 is 1.00 bits per heavy atom. The van der Waals surface area contributed by atoms with Crippen molar-refractivity contribution in [2.75, 3.05) is 25.0 Å². The number of anilines is 1. The highest BCUT2D eigenvalue weighted by molar-refractivity contribution is 5.85. The van der Waals surface area contributed by atoms with Gasteiger partial charge in [0.05, 0.1) is 19.5 Å². The van der Waals surface area contributed by atoms with E-state index in [-0.39, 0.29) is 12.1 Å². The SMILES string of the molecule is C[N+](C(=O)CCC1CCCC1)(C1CCN(c2ccc3cnccc3c2)CC1)C1CCc2ccc(OC(=O)O)cc21. The van der Waals surface area contributed by atoms with Crippen LogP contribution in [0.1, 0.15) is 75.0 Å². The van der Waals surface area contributed by atoms with Crippen LogP contribution in [0.5, 0.6) is 5.75 Å². The number of benzene rings is 2. The van der Waals surface area contributed by atoms with Crippen LogP contribution in [0.15, 0.2) is 54.9 Å². The van der Waals surface area contributed by atoms with Crippen molar-refractivity contribution in [2.45, 2.75) is 76.3 Å². The number of aryl methyl sites for hydroxylation is 1. The van der Waals surface area contributed by atoms with Gasteiger partial charge in [-0.1, -0.05) is 37.8 Å². The zero-order valence-electron chi connectivity index (χ0n) is 23.4. The average Bonchev–Trinajstić information content (AvgIpc) is 3.65. The lowest BCUT2D eigenvalue weighted by atomic mass is 9.92. The molecule has 6 rings (SSSR count). The zero-order chi connectivity index (χ0) is 27.7. The number of ether oxygens (including phenoxy) is 1. The predicted molar refractivity (Wildman–Crippen MR) is 156 cm³/mol. The maximum Gasteiger partial charge on any atom is 0.511 e. The van der Waals surface area contributed by atoms with Crippen molar-refractivity contribution in [2.24, 2.45) is 5.92 Å². The molecule has 1 aliphatic heterocycles. The van der Waals surface area contributed by atoms with Crippen molar-refractivity contribution >= 4 is 28.5 Å². The third-order valence-corrected chi connectivity index (χ3v) is 10.0. The van der Waals surface area contributed by atoms with Crippen molar-refractivity contribution in [3.05, 3.63) is 66.0 Å². The monoisotopic (exact) mass is 542 g/mol. The molecule has 0 spiro atoms. The Bertz CT molecular complexity index is 1390. The number of carbonyl (C=O) groups excluding carboxylic acids is 1. The molecule has 2 atom stereocenters. The van der Waals surface area contributed by atoms with Gasteiger partial charge in [-0.3, -0.25) is 9.47 Å². The molecule has 40 heavy (non-hydrogen) atoms. The highest BCUT2D eigenvalue weighted by atomic mass is 16.7. The second kappa shape index (κ2) is 11.2. The lowest BCUT2D eigenvalue weighted by Gasteiger charge is -2.47. The van der Waals surface area contributed by atoms with Gasteiger partial charge in [-0.05, 0) is 60.0 Å². The molecule has 1 N–H and O–H groups in total. The van der Waals surface area contributed by atoms with Crippen LogP contribution < -0.4 is 9.64 Å². The number of carboxylic acid groups (broad SMARTS) is 1. The quantitative estimate of drug-likeness (QED) is 0.199. The molecule has 3 aliphatic rings. The van der Waals surface area contributed by atoms with E-state index in [2.05, 4.69) is 41.2 Å². The fourth-order valence-electron chi connectivity index (χ4n) is 7.71. The van der Waals surface area contributed by atoms with Gasteiger partial charge in [0, 0.05) is 61.4 Å². The van der Waals surface area contributed by atoms with E-state index >= 15 is 0 Å². The van der Waals surface area contributed by atoms with E-state index in [9.17, 15) is 14.7 Å². The molecule has 7 nitrogen and oxygen atoms in total. The van der Waals surface area contributed by atoms with E-state index in [1.807, 2.05) is 24.5 Å². The number of amides is 1. The number of hydrogen-bond donors (Lipinski definition) is 1. The summed E-state index contributed by atoms with van der Waals surface area (Å²) >= 11 is 0. The maximum atomic E-state index is 14.3. The topological polar surface area (TPSA) is 79.7 Å². The van der Waals surface area contributed by atoms with Crippen molar-refractivity contribution in [1.29, 1.82) is 0 Å². The highest BCUT2D eigenvalue weighted by Gasteiger charge is 2.50. The molecule has 1 aromatic heterocycles. The number of nitrogens with zero attached hydrogens (tertiary/aromatic N) is 3. The lowest BCUT2D eigenvalue weighted by molar-refractivity contribution is -0.892. The molecule has 1 saturated carbocycles. The number of piperidine rings is 1. The summed E-state index contributed by atoms with van der Waals surface area (Å²) in [5.41, 5.74) is 3.51. The van der Waals surface area contributed by atoms with Crippen molar-refractivity contribution < 1.29 is 23.9 Å². The molecule has 1 saturated heterocycles. The smallest absolute Gasteiger partial charge is 0.449 e. The van der Waals surface area contributed by atoms with Gasteiger partial charge in [-0.25, -0.2) is 9.59 Å². The molecule has 210 valence electrons. The van der Waals surface area contributed by atoms with Crippen LogP contribution in [0.2, 0.25) is 0 Å². The predicted octanol–water partition coefficient (Wildman–Crippen LogP) is 6.89. The lowest BCUT2D eigenvalue weighted by Crippen LogP contribution is -2.60. The summed E-state index contributed by atoms with van der Waals surface area (Å²) < 4.78 is 5.44. The summed E-state index contributed by atoms with van der Waals surface area (Å²) in [6, 6.07) is 14.5. The van der Waals surface area contributed by atoms with E-state index in [0.717, 1.165) is 56.1 Å². The Morgan fingerprint density at radius 2 is 1.80 bits per heavy atom. The molecule has 0 radical (unpaired) electrons. The van der Waals surface area contributed by atoms with E-state index < -0.39 is 6.16 Å². The third-order valence-electron chi connectivity index (χ3n) is 10.0. The molecule has 2 heterocycles. The maximum absolute atomic E-state index is 14.3. The van der Waals surface area contributed by atoms with Crippen molar-refractivity contribution in [3.63, 3.8) is 0 Å². The highest BCUT2D eigenvalue weighted by Crippen LogP contribution is 2.45. The molecule has 2 aromatic carbocycles. The van der Waals surface area contributed by atoms with Crippen LogP contribution in [0.3, 0.4) is 0 Å². The summed E-state index contributed by atoms with van der Waals surface area (Å²) in [4.78, 5) is 32.2. The van der Waals surface area contributed by atoms with Gasteiger partial charge in [-0.2, -0.15) is 0 Å². The van der Waals surface area contributed by atoms with Gasteiger partial charge in [0.2, 0.25) is 0 Å². The standard InChI is InChI=1S/C33H39N3O4/c1-36(32(37)13-6-23-4-2-3-5-23,31-12-9-24-8-11-29(21-30(24)31)40-33(38)39)28-15-18-35(19-16-28)27-10-7-26-22-34-17-14-25(26)20-27/h7-8,10-11,14,17,20-23,28,31H,2-6,9,12-13,15-16,18-19H2,1H3/p+1. The molecule has 3 aromatic rings. The van der Waals surface area contributed by atoms with Crippen LogP contribution in [-0.2, 0) is 11.2 Å². The first kappa shape index (κ1) is 26.8. The molecule has 2 aliphatic carbocycles. The summed E-state index contributed by atoms with van der Waals surface area (Å²) in [7, 11) is 2.17. The van der Waals surface area contributed by atoms with Crippen LogP contribution in [0.25, 0.3) is 10.8 Å². The van der Waals surface area contributed by atoms with Gasteiger partial charge in [-0.15, -0.1) is 0 Å². The van der Waals surface area contributed by atoms with Crippen LogP contribution >= 0.6 is 0 Å². The summed E-state index contributed by atoms with van der Waals surface area (Å²) in [5, 5.41) is 11.5. The minimum Gasteiger partial charge on any atom is -0.449 e. The molecular weight excluding hydrogens is 502 g/mol. The number of aromatic nitrogens is 1. The van der Waals surface area contributed by atoms with Crippen molar-refractivity contribution in [3.8, 4) is 5.75 Å². The number of hydrogen-bond acceptors (Lipinski definition) is 5. The van der Waals surface area contributed by atoms with Crippen molar-refractivity contribution in [1.82, 2.24) is 4.98 Å². The normalized spacial score (nSPS) is 21.3. The minimum atomic E-state index is -1.31. The summed E-state index contributed by atoms with van der Waals surface area (Å²) in [6.45, 7) is 1.82. The van der Waals surface area contributed by atoms with Gasteiger partial charge >= 0.3 is 12.1 Å². The third kappa shape index (κ3) is 5.19. The first-order chi connectivity index (χ1) is 19.4. The van der Waals surface area contributed by atoms with E-state index in [1.165, 1.54) is 42.3 Å². The fraction of sp³-hybridized carbons (Fsp3) is 0.485. The average molecular weight is 543 g/mol. The number of quaternary nitrogens is 1. The second-order valence-corrected chi connectivity index (χ2v) is 12.1. The van der Waals surface area contributed by atoms with Crippen LogP contribution in [0.4, 0.5) is 10.5 Å². The number of fused-ring (bicyclic) bond motifs is 2. The molecule has 1 amide bonds. The fourth-order valence-corrected chi connectivity index (χ4v) is 7.71. The minimum absolute atomic E-state index is 0.0214. The first-order valence-corrected chi connectivity index (χ1v) is 14.9. The van der Waals surface area contributed by atoms with Crippen LogP contribution in [-0.4, -0.2) is 52.8 Å². The summed E-state index contributed by atoms with van der Waals surface area (Å²) in [5.74, 6) is 1.35. The number of carbonyl (C=O) groups is 2. The largest absolute Gasteiger partial charge is 0.511 e. The Morgan fingerprint density at radius 3 is 2.58 bits per heavy atom. The second-order valence-electron chi connectivity index (χ2n) is 12.1. The Hall–Kier alpha value is -3.45. The van der Waals surface area contributed by atoms with Gasteiger partial charge < -0.3 is 14.7 Å². The van der Waals surface area contributed by atoms with Crippen LogP contribution in [0, 0.1) is 5.92 Å². The molecule has 7 heteroatoms. The molecule has 0 bridgehead atoms. The number of pyridine rings is 1. The molecular formula is C33H40N3O4+. The van der Waals surface area contributed by atoms with Gasteiger partial charge in [0.25, 0.3) is 0 Å². The van der Waals surface area contributed by atoms with E-state index in [4.69, 9.17) is 4.74 Å². The van der Waals surface area contributed by atoms with Gasteiger partial charge in [0.15, 0.2) is 0 Å². The van der Waals surface area contributed by atoms with Gasteiger partial charge in [0.1, 0.15) is 11.8 Å². The Balaban J connectivity index is 1.25.